The second-order valence-electron chi connectivity index (χ2n) is 5.18. The highest BCUT2D eigenvalue weighted by atomic mass is 15.0. The molecular formula is C14H19N3. The van der Waals surface area contributed by atoms with E-state index >= 15 is 0 Å². The number of hydrogen-bond donors (Lipinski definition) is 1. The average molecular weight is 229 g/mol. The second kappa shape index (κ2) is 3.84. The van der Waals surface area contributed by atoms with Crippen LogP contribution < -0.4 is 5.73 Å². The lowest BCUT2D eigenvalue weighted by Crippen LogP contribution is -2.22. The van der Waals surface area contributed by atoms with Gasteiger partial charge in [-0.1, -0.05) is 13.0 Å². The van der Waals surface area contributed by atoms with E-state index in [1.807, 2.05) is 6.20 Å². The Hall–Kier alpha value is -1.35. The van der Waals surface area contributed by atoms with Gasteiger partial charge in [-0.15, -0.1) is 0 Å². The first-order chi connectivity index (χ1) is 8.22. The highest BCUT2D eigenvalue weighted by Gasteiger charge is 2.37. The molecule has 0 atom stereocenters. The zero-order valence-corrected chi connectivity index (χ0v) is 10.3. The Morgan fingerprint density at radius 1 is 1.47 bits per heavy atom. The van der Waals surface area contributed by atoms with Gasteiger partial charge in [0.15, 0.2) is 0 Å². The molecule has 3 nitrogen and oxygen atoms in total. The second-order valence-corrected chi connectivity index (χ2v) is 5.18. The predicted octanol–water partition coefficient (Wildman–Crippen LogP) is 2.32. The molecule has 1 aliphatic rings. The summed E-state index contributed by atoms with van der Waals surface area (Å²) in [4.78, 5) is 4.47. The Labute approximate surface area is 102 Å². The van der Waals surface area contributed by atoms with Crippen molar-refractivity contribution in [3.05, 3.63) is 35.9 Å². The van der Waals surface area contributed by atoms with Gasteiger partial charge < -0.3 is 10.1 Å². The van der Waals surface area contributed by atoms with Gasteiger partial charge in [-0.3, -0.25) is 0 Å². The van der Waals surface area contributed by atoms with Crippen molar-refractivity contribution in [2.24, 2.45) is 5.73 Å². The molecule has 0 radical (unpaired) electrons. The molecule has 0 unspecified atom stereocenters. The molecule has 3 heteroatoms. The number of hydrogen-bond acceptors (Lipinski definition) is 2. The van der Waals surface area contributed by atoms with Crippen molar-refractivity contribution < 1.29 is 0 Å². The lowest BCUT2D eigenvalue weighted by atomic mass is 10.0. The van der Waals surface area contributed by atoms with Gasteiger partial charge in [-0.2, -0.15) is 0 Å². The van der Waals surface area contributed by atoms with Crippen LogP contribution in [-0.2, 0) is 12.8 Å². The van der Waals surface area contributed by atoms with Crippen molar-refractivity contribution in [3.63, 3.8) is 0 Å². The fourth-order valence-corrected chi connectivity index (χ4v) is 2.40. The number of pyridine rings is 1. The highest BCUT2D eigenvalue weighted by molar-refractivity contribution is 5.54. The summed E-state index contributed by atoms with van der Waals surface area (Å²) in [5.74, 6) is 1.13. The fraction of sp³-hybridized carbons (Fsp3) is 0.500. The first-order valence-electron chi connectivity index (χ1n) is 6.44. The summed E-state index contributed by atoms with van der Waals surface area (Å²) in [6, 6.07) is 4.31. The van der Waals surface area contributed by atoms with Gasteiger partial charge in [0.05, 0.1) is 11.7 Å². The van der Waals surface area contributed by atoms with E-state index in [-0.39, 0.29) is 5.54 Å². The van der Waals surface area contributed by atoms with Crippen LogP contribution in [0.4, 0.5) is 0 Å². The minimum Gasteiger partial charge on any atom is -0.325 e. The van der Waals surface area contributed by atoms with Crippen LogP contribution in [0.15, 0.2) is 24.5 Å². The quantitative estimate of drug-likeness (QED) is 0.874. The maximum Gasteiger partial charge on any atom is 0.112 e. The average Bonchev–Trinajstić information content (AvgIpc) is 2.93. The summed E-state index contributed by atoms with van der Waals surface area (Å²) >= 11 is 0. The molecule has 2 aromatic heterocycles. The maximum absolute atomic E-state index is 6.15. The van der Waals surface area contributed by atoms with Crippen LogP contribution in [0.2, 0.25) is 0 Å². The number of rotatable bonds is 4. The van der Waals surface area contributed by atoms with Crippen LogP contribution in [0, 0.1) is 0 Å². The third-order valence-electron chi connectivity index (χ3n) is 3.84. The highest BCUT2D eigenvalue weighted by Crippen LogP contribution is 2.36. The van der Waals surface area contributed by atoms with E-state index in [9.17, 15) is 0 Å². The van der Waals surface area contributed by atoms with Crippen molar-refractivity contribution in [2.75, 3.05) is 0 Å². The lowest BCUT2D eigenvalue weighted by Gasteiger charge is -2.09. The zero-order chi connectivity index (χ0) is 11.9. The number of imidazole rings is 1. The first kappa shape index (κ1) is 10.8. The molecule has 2 N–H and O–H groups in total. The van der Waals surface area contributed by atoms with Gasteiger partial charge in [-0.25, -0.2) is 4.98 Å². The van der Waals surface area contributed by atoms with Crippen molar-refractivity contribution in [3.8, 4) is 0 Å². The van der Waals surface area contributed by atoms with Crippen LogP contribution >= 0.6 is 0 Å². The molecule has 0 spiro atoms. The SMILES string of the molecule is CCc1ncc2c(CCC3(N)CC3)cccn12. The number of fused-ring (bicyclic) bond motifs is 1. The molecule has 2 heterocycles. The largest absolute Gasteiger partial charge is 0.325 e. The summed E-state index contributed by atoms with van der Waals surface area (Å²) in [6.45, 7) is 2.14. The molecule has 0 aromatic carbocycles. The molecule has 0 saturated heterocycles. The molecule has 0 bridgehead atoms. The van der Waals surface area contributed by atoms with E-state index in [1.165, 1.54) is 23.9 Å². The van der Waals surface area contributed by atoms with Gasteiger partial charge in [0.1, 0.15) is 5.82 Å². The van der Waals surface area contributed by atoms with Crippen molar-refractivity contribution in [1.29, 1.82) is 0 Å². The molecule has 90 valence electrons. The summed E-state index contributed by atoms with van der Waals surface area (Å²) in [7, 11) is 0. The molecule has 17 heavy (non-hydrogen) atoms. The minimum absolute atomic E-state index is 0.139. The standard InChI is InChI=1S/C14H19N3/c1-2-13-16-10-12-11(4-3-9-17(12)13)5-6-14(15)7-8-14/h3-4,9-10H,2,5-8,15H2,1H3. The van der Waals surface area contributed by atoms with E-state index in [2.05, 4.69) is 34.6 Å². The summed E-state index contributed by atoms with van der Waals surface area (Å²) in [5.41, 5.74) is 8.90. The number of nitrogens with zero attached hydrogens (tertiary/aromatic N) is 2. The fourth-order valence-electron chi connectivity index (χ4n) is 2.40. The van der Waals surface area contributed by atoms with Gasteiger partial charge in [0.2, 0.25) is 0 Å². The molecule has 2 aromatic rings. The van der Waals surface area contributed by atoms with Gasteiger partial charge in [-0.05, 0) is 37.3 Å². The smallest absolute Gasteiger partial charge is 0.112 e. The van der Waals surface area contributed by atoms with Gasteiger partial charge in [0, 0.05) is 18.2 Å². The van der Waals surface area contributed by atoms with E-state index < -0.39 is 0 Å². The predicted molar refractivity (Wildman–Crippen MR) is 69.0 cm³/mol. The van der Waals surface area contributed by atoms with E-state index in [1.54, 1.807) is 0 Å². The summed E-state index contributed by atoms with van der Waals surface area (Å²) in [5, 5.41) is 0. The molecule has 0 amide bonds. The van der Waals surface area contributed by atoms with Crippen molar-refractivity contribution in [1.82, 2.24) is 9.38 Å². The number of aryl methyl sites for hydroxylation is 2. The Morgan fingerprint density at radius 2 is 2.29 bits per heavy atom. The normalized spacial score (nSPS) is 17.5. The van der Waals surface area contributed by atoms with E-state index in [0.717, 1.165) is 25.1 Å². The van der Waals surface area contributed by atoms with Gasteiger partial charge >= 0.3 is 0 Å². The van der Waals surface area contributed by atoms with Gasteiger partial charge in [0.25, 0.3) is 0 Å². The van der Waals surface area contributed by atoms with E-state index in [4.69, 9.17) is 5.73 Å². The van der Waals surface area contributed by atoms with E-state index in [0.29, 0.717) is 0 Å². The lowest BCUT2D eigenvalue weighted by molar-refractivity contribution is 0.610. The van der Waals surface area contributed by atoms with Crippen LogP contribution in [0.25, 0.3) is 5.52 Å². The van der Waals surface area contributed by atoms with Crippen LogP contribution in [0.3, 0.4) is 0 Å². The molecule has 3 rings (SSSR count). The minimum atomic E-state index is 0.139. The topological polar surface area (TPSA) is 43.3 Å². The van der Waals surface area contributed by atoms with Crippen molar-refractivity contribution >= 4 is 5.52 Å². The Kier molecular flexibility index (Phi) is 2.44. The Balaban J connectivity index is 1.90. The summed E-state index contributed by atoms with van der Waals surface area (Å²) < 4.78 is 2.20. The Bertz CT molecular complexity index is 537. The summed E-state index contributed by atoms with van der Waals surface area (Å²) in [6.07, 6.45) is 9.60. The maximum atomic E-state index is 6.15. The number of nitrogens with two attached hydrogens (primary N) is 1. The number of aromatic nitrogens is 2. The first-order valence-corrected chi connectivity index (χ1v) is 6.44. The molecular weight excluding hydrogens is 210 g/mol. The molecule has 1 saturated carbocycles. The zero-order valence-electron chi connectivity index (χ0n) is 10.3. The van der Waals surface area contributed by atoms with Crippen LogP contribution in [-0.4, -0.2) is 14.9 Å². The third kappa shape index (κ3) is 1.95. The molecule has 1 aliphatic carbocycles. The van der Waals surface area contributed by atoms with Crippen LogP contribution in [0.1, 0.15) is 37.6 Å². The van der Waals surface area contributed by atoms with Crippen molar-refractivity contribution in [2.45, 2.75) is 44.6 Å². The third-order valence-corrected chi connectivity index (χ3v) is 3.84. The molecule has 0 aliphatic heterocycles. The van der Waals surface area contributed by atoms with Crippen LogP contribution in [0.5, 0.6) is 0 Å². The Morgan fingerprint density at radius 3 is 3.00 bits per heavy atom. The monoisotopic (exact) mass is 229 g/mol. The molecule has 1 fully saturated rings.